The Morgan fingerprint density at radius 2 is 2.39 bits per heavy atom. The van der Waals surface area contributed by atoms with Crippen molar-refractivity contribution < 1.29 is 13.9 Å². The first-order valence-electron chi connectivity index (χ1n) is 9.31. The van der Waals surface area contributed by atoms with Crippen LogP contribution in [0.1, 0.15) is 17.9 Å². The Labute approximate surface area is 163 Å². The van der Waals surface area contributed by atoms with Crippen molar-refractivity contribution >= 4 is 22.6 Å². The molecule has 3 rings (SSSR count). The van der Waals surface area contributed by atoms with Crippen LogP contribution in [0.2, 0.25) is 0 Å². The summed E-state index contributed by atoms with van der Waals surface area (Å²) in [6.07, 6.45) is 3.39. The number of amides is 1. The normalized spacial score (nSPS) is 15.8. The molecule has 2 heterocycles. The third kappa shape index (κ3) is 4.95. The van der Waals surface area contributed by atoms with Gasteiger partial charge in [0, 0.05) is 33.2 Å². The molecule has 0 aliphatic carbocycles. The summed E-state index contributed by atoms with van der Waals surface area (Å²) in [6, 6.07) is 7.01. The number of hydrogen-bond acceptors (Lipinski definition) is 7. The number of fused-ring (bicyclic) bond motifs is 1. The molecule has 3 N–H and O–H groups in total. The number of nitriles is 1. The first-order valence-corrected chi connectivity index (χ1v) is 9.31. The van der Waals surface area contributed by atoms with E-state index in [4.69, 9.17) is 20.1 Å². The summed E-state index contributed by atoms with van der Waals surface area (Å²) in [7, 11) is 1.72. The number of aromatic nitrogens is 1. The van der Waals surface area contributed by atoms with Crippen molar-refractivity contribution in [2.75, 3.05) is 39.9 Å². The number of rotatable bonds is 8. The molecule has 8 nitrogen and oxygen atoms in total. The molecular weight excluding hydrogens is 358 g/mol. The molecule has 1 atom stereocenters. The molecule has 0 saturated heterocycles. The molecule has 0 bridgehead atoms. The Morgan fingerprint density at radius 1 is 1.54 bits per heavy atom. The third-order valence-electron chi connectivity index (χ3n) is 4.78. The molecule has 1 aromatic heterocycles. The maximum Gasteiger partial charge on any atom is 0.238 e. The van der Waals surface area contributed by atoms with Crippen molar-refractivity contribution in [1.29, 1.82) is 5.26 Å². The van der Waals surface area contributed by atoms with Crippen molar-refractivity contribution in [2.45, 2.75) is 18.9 Å². The molecule has 2 aromatic rings. The lowest BCUT2D eigenvalue weighted by atomic mass is 9.99. The fraction of sp³-hybridized carbons (Fsp3) is 0.450. The van der Waals surface area contributed by atoms with E-state index in [2.05, 4.69) is 21.3 Å². The summed E-state index contributed by atoms with van der Waals surface area (Å²) < 4.78 is 10.9. The summed E-state index contributed by atoms with van der Waals surface area (Å²) in [5.41, 5.74) is 9.70. The van der Waals surface area contributed by atoms with E-state index in [1.165, 1.54) is 5.57 Å². The minimum absolute atomic E-state index is 0.0680. The smallest absolute Gasteiger partial charge is 0.238 e. The van der Waals surface area contributed by atoms with Crippen LogP contribution in [-0.2, 0) is 16.0 Å². The minimum atomic E-state index is -0.806. The molecule has 1 aliphatic rings. The number of ether oxygens (including phenoxy) is 1. The summed E-state index contributed by atoms with van der Waals surface area (Å²) in [6.45, 7) is 3.52. The van der Waals surface area contributed by atoms with Crippen molar-refractivity contribution in [1.82, 2.24) is 15.2 Å². The summed E-state index contributed by atoms with van der Waals surface area (Å²) in [4.78, 5) is 18.6. The zero-order chi connectivity index (χ0) is 19.9. The Hall–Kier alpha value is -2.73. The fourth-order valence-electron chi connectivity index (χ4n) is 3.19. The molecule has 28 heavy (non-hydrogen) atoms. The lowest BCUT2D eigenvalue weighted by Gasteiger charge is -2.26. The van der Waals surface area contributed by atoms with Gasteiger partial charge in [0.25, 0.3) is 0 Å². The second-order valence-electron chi connectivity index (χ2n) is 6.75. The van der Waals surface area contributed by atoms with Gasteiger partial charge in [0.2, 0.25) is 5.91 Å². The van der Waals surface area contributed by atoms with E-state index < -0.39 is 11.9 Å². The zero-order valence-electron chi connectivity index (χ0n) is 16.0. The molecule has 0 unspecified atom stereocenters. The quantitative estimate of drug-likeness (QED) is 0.655. The van der Waals surface area contributed by atoms with Crippen LogP contribution in [0.25, 0.3) is 16.7 Å². The van der Waals surface area contributed by atoms with Crippen LogP contribution in [0.5, 0.6) is 0 Å². The molecule has 0 radical (unpaired) electrons. The Morgan fingerprint density at radius 3 is 3.11 bits per heavy atom. The molecule has 1 aromatic carbocycles. The number of methoxy groups -OCH3 is 1. The molecule has 8 heteroatoms. The van der Waals surface area contributed by atoms with Gasteiger partial charge in [-0.1, -0.05) is 12.1 Å². The van der Waals surface area contributed by atoms with Crippen LogP contribution in [0, 0.1) is 11.3 Å². The molecule has 1 aliphatic heterocycles. The average Bonchev–Trinajstić information content (AvgIpc) is 3.12. The summed E-state index contributed by atoms with van der Waals surface area (Å²) in [5, 5.41) is 11.0. The monoisotopic (exact) mass is 383 g/mol. The minimum Gasteiger partial charge on any atom is -0.441 e. The first kappa shape index (κ1) is 20.0. The number of oxazole rings is 1. The number of carbonyl (C=O) groups is 1. The SMILES string of the molecule is COCCN1CC=C(c2ccc3nc(C[C@H](N)C(=O)NCC#N)oc3c2)CC1. The van der Waals surface area contributed by atoms with Gasteiger partial charge in [-0.25, -0.2) is 4.98 Å². The Balaban J connectivity index is 1.67. The van der Waals surface area contributed by atoms with Gasteiger partial charge in [0.1, 0.15) is 12.1 Å². The average molecular weight is 383 g/mol. The molecule has 0 saturated carbocycles. The lowest BCUT2D eigenvalue weighted by molar-refractivity contribution is -0.122. The van der Waals surface area contributed by atoms with E-state index in [9.17, 15) is 4.79 Å². The number of nitrogens with two attached hydrogens (primary N) is 1. The Kier molecular flexibility index (Phi) is 6.76. The van der Waals surface area contributed by atoms with E-state index >= 15 is 0 Å². The highest BCUT2D eigenvalue weighted by molar-refractivity contribution is 5.82. The van der Waals surface area contributed by atoms with Gasteiger partial charge >= 0.3 is 0 Å². The van der Waals surface area contributed by atoms with Crippen LogP contribution in [-0.4, -0.2) is 61.7 Å². The third-order valence-corrected chi connectivity index (χ3v) is 4.78. The highest BCUT2D eigenvalue weighted by Gasteiger charge is 2.18. The highest BCUT2D eigenvalue weighted by atomic mass is 16.5. The van der Waals surface area contributed by atoms with Crippen LogP contribution >= 0.6 is 0 Å². The number of nitrogens with one attached hydrogen (secondary N) is 1. The van der Waals surface area contributed by atoms with Crippen LogP contribution in [0.15, 0.2) is 28.7 Å². The van der Waals surface area contributed by atoms with Gasteiger partial charge in [-0.3, -0.25) is 9.69 Å². The topological polar surface area (TPSA) is 117 Å². The van der Waals surface area contributed by atoms with Gasteiger partial charge in [-0.15, -0.1) is 0 Å². The maximum atomic E-state index is 11.8. The van der Waals surface area contributed by atoms with Gasteiger partial charge < -0.3 is 20.2 Å². The van der Waals surface area contributed by atoms with E-state index in [0.29, 0.717) is 11.5 Å². The maximum absolute atomic E-state index is 11.8. The summed E-state index contributed by atoms with van der Waals surface area (Å²) >= 11 is 0. The number of nitrogens with zero attached hydrogens (tertiary/aromatic N) is 3. The number of hydrogen-bond donors (Lipinski definition) is 2. The fourth-order valence-corrected chi connectivity index (χ4v) is 3.19. The highest BCUT2D eigenvalue weighted by Crippen LogP contribution is 2.26. The largest absolute Gasteiger partial charge is 0.441 e. The second kappa shape index (κ2) is 9.46. The Bertz CT molecular complexity index is 899. The van der Waals surface area contributed by atoms with E-state index in [1.807, 2.05) is 24.3 Å². The van der Waals surface area contributed by atoms with Crippen LogP contribution < -0.4 is 11.1 Å². The van der Waals surface area contributed by atoms with Crippen LogP contribution in [0.4, 0.5) is 0 Å². The number of benzene rings is 1. The molecule has 0 fully saturated rings. The van der Waals surface area contributed by atoms with Crippen molar-refractivity contribution in [3.63, 3.8) is 0 Å². The predicted molar refractivity (Wildman–Crippen MR) is 105 cm³/mol. The predicted octanol–water partition coefficient (Wildman–Crippen LogP) is 1.07. The summed E-state index contributed by atoms with van der Waals surface area (Å²) in [5.74, 6) is 0.0185. The van der Waals surface area contributed by atoms with Crippen molar-refractivity contribution in [3.8, 4) is 6.07 Å². The second-order valence-corrected chi connectivity index (χ2v) is 6.75. The van der Waals surface area contributed by atoms with Gasteiger partial charge in [0.15, 0.2) is 11.5 Å². The van der Waals surface area contributed by atoms with Gasteiger partial charge in [-0.05, 0) is 29.7 Å². The van der Waals surface area contributed by atoms with Gasteiger partial charge in [-0.2, -0.15) is 5.26 Å². The molecule has 148 valence electrons. The van der Waals surface area contributed by atoms with Crippen LogP contribution in [0.3, 0.4) is 0 Å². The first-order chi connectivity index (χ1) is 13.6. The zero-order valence-corrected chi connectivity index (χ0v) is 16.0. The van der Waals surface area contributed by atoms with E-state index in [0.717, 1.165) is 43.7 Å². The van der Waals surface area contributed by atoms with Crippen molar-refractivity contribution in [3.05, 3.63) is 35.7 Å². The van der Waals surface area contributed by atoms with Crippen molar-refractivity contribution in [2.24, 2.45) is 5.73 Å². The van der Waals surface area contributed by atoms with Gasteiger partial charge in [0.05, 0.1) is 18.7 Å². The molecular formula is C20H25N5O3. The van der Waals surface area contributed by atoms with E-state index in [-0.39, 0.29) is 13.0 Å². The molecule has 1 amide bonds. The number of carbonyl (C=O) groups excluding carboxylic acids is 1. The standard InChI is InChI=1S/C20H25N5O3/c1-27-11-10-25-8-4-14(5-9-25)15-2-3-17-18(12-15)28-19(24-17)13-16(22)20(26)23-7-6-21/h2-4,12,16H,5,7-11,13,22H2,1H3,(H,23,26)/t16-/m0/s1. The molecule has 0 spiro atoms. The lowest BCUT2D eigenvalue weighted by Crippen LogP contribution is -2.42. The van der Waals surface area contributed by atoms with E-state index in [1.54, 1.807) is 7.11 Å².